The predicted octanol–water partition coefficient (Wildman–Crippen LogP) is 3.50. The molecule has 1 aliphatic rings. The summed E-state index contributed by atoms with van der Waals surface area (Å²) in [6, 6.07) is 0. The first kappa shape index (κ1) is 20.4. The van der Waals surface area contributed by atoms with Crippen LogP contribution >= 0.6 is 0 Å². The lowest BCUT2D eigenvalue weighted by Crippen LogP contribution is -2.63. The van der Waals surface area contributed by atoms with Gasteiger partial charge in [0.15, 0.2) is 0 Å². The molecule has 3 unspecified atom stereocenters. The summed E-state index contributed by atoms with van der Waals surface area (Å²) in [7, 11) is 0. The number of halogens is 9. The number of esters is 2. The lowest BCUT2D eigenvalue weighted by Gasteiger charge is -2.42. The van der Waals surface area contributed by atoms with Crippen molar-refractivity contribution in [3.63, 3.8) is 0 Å². The minimum atomic E-state index is -5.88. The van der Waals surface area contributed by atoms with E-state index >= 15 is 0 Å². The Kier molecular flexibility index (Phi) is 5.08. The van der Waals surface area contributed by atoms with E-state index in [-0.39, 0.29) is 0 Å². The first-order valence-electron chi connectivity index (χ1n) is 6.16. The Morgan fingerprint density at radius 1 is 0.958 bits per heavy atom. The van der Waals surface area contributed by atoms with Crippen molar-refractivity contribution in [1.29, 1.82) is 0 Å². The summed E-state index contributed by atoms with van der Waals surface area (Å²) in [5, 5.41) is 0. The molecule has 0 amide bonds. The maximum absolute atomic E-state index is 14.5. The highest BCUT2D eigenvalue weighted by molar-refractivity contribution is 5.89. The summed E-state index contributed by atoms with van der Waals surface area (Å²) in [6.45, 7) is 0.983. The van der Waals surface area contributed by atoms with E-state index in [0.29, 0.717) is 0 Å². The van der Waals surface area contributed by atoms with Crippen LogP contribution in [0.5, 0.6) is 0 Å². The quantitative estimate of drug-likeness (QED) is 0.547. The molecule has 140 valence electrons. The SMILES string of the molecule is CC1CC(C(=O)OC(F)(F)F)C(F)(C(=O)OC(F)(F)F)C(F)(F)C1. The third kappa shape index (κ3) is 4.23. The largest absolute Gasteiger partial charge is 0.575 e. The molecular formula is C11H9F9O4. The van der Waals surface area contributed by atoms with Gasteiger partial charge in [-0.2, -0.15) is 0 Å². The van der Waals surface area contributed by atoms with E-state index in [2.05, 4.69) is 9.47 Å². The molecule has 13 heteroatoms. The van der Waals surface area contributed by atoms with Gasteiger partial charge < -0.3 is 9.47 Å². The molecule has 1 saturated carbocycles. The standard InChI is InChI=1S/C11H9F9O4/c1-4-2-5(6(21)23-10(15,16)17)9(14,8(12,13)3-4)7(22)24-11(18,19)20/h4-5H,2-3H2,1H3. The predicted molar refractivity (Wildman–Crippen MR) is 55.0 cm³/mol. The highest BCUT2D eigenvalue weighted by atomic mass is 19.4. The third-order valence-electron chi connectivity index (χ3n) is 3.26. The fraction of sp³-hybridized carbons (Fsp3) is 0.818. The number of carbonyl (C=O) groups is 2. The second-order valence-corrected chi connectivity index (χ2v) is 5.22. The molecule has 3 atom stereocenters. The minimum absolute atomic E-state index is 0.983. The summed E-state index contributed by atoms with van der Waals surface area (Å²) in [5.74, 6) is -15.2. The summed E-state index contributed by atoms with van der Waals surface area (Å²) in [4.78, 5) is 22.6. The van der Waals surface area contributed by atoms with E-state index < -0.39 is 60.9 Å². The minimum Gasteiger partial charge on any atom is -0.373 e. The molecule has 0 spiro atoms. The molecule has 1 fully saturated rings. The zero-order chi connectivity index (χ0) is 19.1. The zero-order valence-electron chi connectivity index (χ0n) is 11.6. The maximum Gasteiger partial charge on any atom is 0.575 e. The van der Waals surface area contributed by atoms with Gasteiger partial charge in [-0.25, -0.2) is 18.0 Å². The van der Waals surface area contributed by atoms with Crippen molar-refractivity contribution in [3.8, 4) is 0 Å². The third-order valence-corrected chi connectivity index (χ3v) is 3.26. The molecule has 0 bridgehead atoms. The van der Waals surface area contributed by atoms with Gasteiger partial charge in [0.1, 0.15) is 5.92 Å². The average Bonchev–Trinajstić information content (AvgIpc) is 2.28. The first-order valence-corrected chi connectivity index (χ1v) is 6.16. The Balaban J connectivity index is 3.29. The summed E-state index contributed by atoms with van der Waals surface area (Å²) >= 11 is 0. The number of hydrogen-bond donors (Lipinski definition) is 0. The molecule has 0 aromatic heterocycles. The zero-order valence-corrected chi connectivity index (χ0v) is 11.6. The van der Waals surface area contributed by atoms with Crippen molar-refractivity contribution >= 4 is 11.9 Å². The van der Waals surface area contributed by atoms with Gasteiger partial charge in [0.25, 0.3) is 11.6 Å². The van der Waals surface area contributed by atoms with Crippen LogP contribution < -0.4 is 0 Å². The van der Waals surface area contributed by atoms with Crippen molar-refractivity contribution in [2.45, 2.75) is 44.1 Å². The number of carbonyl (C=O) groups excluding carboxylic acids is 2. The molecule has 4 nitrogen and oxygen atoms in total. The van der Waals surface area contributed by atoms with Crippen molar-refractivity contribution < 1.29 is 58.6 Å². The molecule has 0 saturated heterocycles. The van der Waals surface area contributed by atoms with Gasteiger partial charge in [-0.1, -0.05) is 6.92 Å². The first-order chi connectivity index (χ1) is 10.5. The smallest absolute Gasteiger partial charge is 0.373 e. The highest BCUT2D eigenvalue weighted by Gasteiger charge is 2.72. The van der Waals surface area contributed by atoms with E-state index in [9.17, 15) is 49.1 Å². The van der Waals surface area contributed by atoms with E-state index in [4.69, 9.17) is 0 Å². The van der Waals surface area contributed by atoms with Crippen LogP contribution in [0, 0.1) is 11.8 Å². The molecular weight excluding hydrogens is 367 g/mol. The molecule has 24 heavy (non-hydrogen) atoms. The second-order valence-electron chi connectivity index (χ2n) is 5.22. The van der Waals surface area contributed by atoms with Crippen LogP contribution in [0.1, 0.15) is 19.8 Å². The average molecular weight is 376 g/mol. The van der Waals surface area contributed by atoms with E-state index in [0.717, 1.165) is 6.92 Å². The van der Waals surface area contributed by atoms with Crippen molar-refractivity contribution in [2.24, 2.45) is 11.8 Å². The van der Waals surface area contributed by atoms with Crippen LogP contribution in [-0.4, -0.2) is 36.3 Å². The topological polar surface area (TPSA) is 52.6 Å². The van der Waals surface area contributed by atoms with Gasteiger partial charge in [0.05, 0.1) is 0 Å². The highest BCUT2D eigenvalue weighted by Crippen LogP contribution is 2.52. The van der Waals surface area contributed by atoms with Gasteiger partial charge in [-0.3, -0.25) is 4.79 Å². The lowest BCUT2D eigenvalue weighted by molar-refractivity contribution is -0.328. The summed E-state index contributed by atoms with van der Waals surface area (Å²) in [5.41, 5.74) is -4.96. The number of alkyl halides is 9. The molecule has 0 aliphatic heterocycles. The summed E-state index contributed by atoms with van der Waals surface area (Å²) < 4.78 is 120. The van der Waals surface area contributed by atoms with Crippen LogP contribution in [0.2, 0.25) is 0 Å². The molecule has 1 aliphatic carbocycles. The van der Waals surface area contributed by atoms with Crippen LogP contribution in [-0.2, 0) is 19.1 Å². The van der Waals surface area contributed by atoms with Crippen molar-refractivity contribution in [2.75, 3.05) is 0 Å². The van der Waals surface area contributed by atoms with Gasteiger partial charge >= 0.3 is 24.7 Å². The Labute approximate surface area is 127 Å². The van der Waals surface area contributed by atoms with Crippen LogP contribution in [0.4, 0.5) is 39.5 Å². The van der Waals surface area contributed by atoms with E-state index in [1.807, 2.05) is 0 Å². The van der Waals surface area contributed by atoms with Gasteiger partial charge in [-0.05, 0) is 12.3 Å². The number of hydrogen-bond acceptors (Lipinski definition) is 4. The molecule has 0 radical (unpaired) electrons. The molecule has 0 N–H and O–H groups in total. The Bertz CT molecular complexity index is 513. The summed E-state index contributed by atoms with van der Waals surface area (Å²) in [6.07, 6.45) is -14.1. The fourth-order valence-corrected chi connectivity index (χ4v) is 2.40. The lowest BCUT2D eigenvalue weighted by atomic mass is 9.70. The van der Waals surface area contributed by atoms with Crippen LogP contribution in [0.15, 0.2) is 0 Å². The van der Waals surface area contributed by atoms with Gasteiger partial charge in [0.2, 0.25) is 0 Å². The number of ether oxygens (including phenoxy) is 2. The second kappa shape index (κ2) is 5.99. The fourth-order valence-electron chi connectivity index (χ4n) is 2.40. The monoisotopic (exact) mass is 376 g/mol. The maximum atomic E-state index is 14.5. The normalized spacial score (nSPS) is 30.6. The van der Waals surface area contributed by atoms with Crippen LogP contribution in [0.25, 0.3) is 0 Å². The van der Waals surface area contributed by atoms with Gasteiger partial charge in [-0.15, -0.1) is 26.3 Å². The number of rotatable bonds is 2. The Morgan fingerprint density at radius 2 is 1.42 bits per heavy atom. The molecule has 0 heterocycles. The van der Waals surface area contributed by atoms with Gasteiger partial charge in [0, 0.05) is 6.42 Å². The Hall–Kier alpha value is -1.69. The van der Waals surface area contributed by atoms with Crippen LogP contribution in [0.3, 0.4) is 0 Å². The van der Waals surface area contributed by atoms with E-state index in [1.54, 1.807) is 0 Å². The molecule has 1 rings (SSSR count). The van der Waals surface area contributed by atoms with Crippen molar-refractivity contribution in [3.05, 3.63) is 0 Å². The Morgan fingerprint density at radius 3 is 1.83 bits per heavy atom. The molecule has 0 aromatic carbocycles. The molecule has 0 aromatic rings. The van der Waals surface area contributed by atoms with Crippen molar-refractivity contribution in [1.82, 2.24) is 0 Å². The van der Waals surface area contributed by atoms with E-state index in [1.165, 1.54) is 0 Å².